The maximum absolute atomic E-state index is 14.7. The predicted molar refractivity (Wildman–Crippen MR) is 124 cm³/mol. The van der Waals surface area contributed by atoms with Gasteiger partial charge in [0.25, 0.3) is 5.56 Å². The van der Waals surface area contributed by atoms with E-state index in [1.165, 1.54) is 28.8 Å². The molecule has 0 saturated heterocycles. The topological polar surface area (TPSA) is 91.5 Å². The van der Waals surface area contributed by atoms with E-state index in [0.717, 1.165) is 21.1 Å². The SMILES string of the molecule is CSc1ccccc1-c1nc(N(CO)CCO)nc2c1ccc(=O)n2-c1ccc(F)cc1F. The molecule has 4 aromatic rings. The van der Waals surface area contributed by atoms with Crippen molar-refractivity contribution in [3.8, 4) is 16.9 Å². The number of aliphatic hydroxyl groups excluding tert-OH is 2. The number of aliphatic hydroxyl groups is 2. The molecule has 2 aromatic carbocycles. The third-order valence-electron chi connectivity index (χ3n) is 5.07. The van der Waals surface area contributed by atoms with Crippen LogP contribution in [0.3, 0.4) is 0 Å². The predicted octanol–water partition coefficient (Wildman–Crippen LogP) is 3.20. The van der Waals surface area contributed by atoms with Gasteiger partial charge in [0.15, 0.2) is 5.65 Å². The van der Waals surface area contributed by atoms with Gasteiger partial charge in [-0.2, -0.15) is 4.98 Å². The van der Waals surface area contributed by atoms with E-state index in [1.807, 2.05) is 30.5 Å². The fourth-order valence-electron chi connectivity index (χ4n) is 3.54. The van der Waals surface area contributed by atoms with Gasteiger partial charge in [-0.3, -0.25) is 9.36 Å². The van der Waals surface area contributed by atoms with Crippen molar-refractivity contribution < 1.29 is 19.0 Å². The van der Waals surface area contributed by atoms with Crippen molar-refractivity contribution >= 4 is 28.7 Å². The van der Waals surface area contributed by atoms with Crippen LogP contribution in [0.25, 0.3) is 28.0 Å². The summed E-state index contributed by atoms with van der Waals surface area (Å²) in [6.07, 6.45) is 1.92. The first-order valence-electron chi connectivity index (χ1n) is 9.97. The van der Waals surface area contributed by atoms with E-state index >= 15 is 0 Å². The zero-order chi connectivity index (χ0) is 23.5. The molecule has 2 aromatic heterocycles. The zero-order valence-electron chi connectivity index (χ0n) is 17.6. The second kappa shape index (κ2) is 9.65. The van der Waals surface area contributed by atoms with Gasteiger partial charge in [0.05, 0.1) is 18.0 Å². The first-order valence-corrected chi connectivity index (χ1v) is 11.2. The van der Waals surface area contributed by atoms with E-state index in [-0.39, 0.29) is 30.4 Å². The monoisotopic (exact) mass is 470 g/mol. The zero-order valence-corrected chi connectivity index (χ0v) is 18.4. The number of fused-ring (bicyclic) bond motifs is 1. The molecule has 7 nitrogen and oxygen atoms in total. The van der Waals surface area contributed by atoms with Crippen LogP contribution in [0.5, 0.6) is 0 Å². The fourth-order valence-corrected chi connectivity index (χ4v) is 4.14. The molecule has 0 amide bonds. The molecule has 33 heavy (non-hydrogen) atoms. The molecule has 0 radical (unpaired) electrons. The molecule has 0 unspecified atom stereocenters. The number of hydrogen-bond acceptors (Lipinski definition) is 7. The van der Waals surface area contributed by atoms with Gasteiger partial charge < -0.3 is 15.1 Å². The Morgan fingerprint density at radius 2 is 1.85 bits per heavy atom. The van der Waals surface area contributed by atoms with Crippen LogP contribution in [0.15, 0.2) is 64.3 Å². The standard InChI is InChI=1S/C23H20F2N4O3S/c1-33-19-5-3-2-4-15(19)21-16-7-9-20(32)29(18-8-6-14(24)12-17(18)25)22(16)27-23(26-21)28(13-31)10-11-30/h2-9,12,30-31H,10-11,13H2,1H3. The highest BCUT2D eigenvalue weighted by atomic mass is 32.2. The molecule has 170 valence electrons. The Labute approximate surface area is 192 Å². The molecule has 2 N–H and O–H groups in total. The van der Waals surface area contributed by atoms with Gasteiger partial charge in [-0.25, -0.2) is 13.8 Å². The number of benzene rings is 2. The summed E-state index contributed by atoms with van der Waals surface area (Å²) >= 11 is 1.50. The Balaban J connectivity index is 2.13. The van der Waals surface area contributed by atoms with Crippen molar-refractivity contribution in [1.82, 2.24) is 14.5 Å². The Bertz CT molecular complexity index is 1380. The van der Waals surface area contributed by atoms with Crippen molar-refractivity contribution in [3.05, 3.63) is 76.6 Å². The van der Waals surface area contributed by atoms with E-state index in [1.54, 1.807) is 6.07 Å². The summed E-state index contributed by atoms with van der Waals surface area (Å²) in [6.45, 7) is -0.724. The van der Waals surface area contributed by atoms with Gasteiger partial charge in [0, 0.05) is 34.5 Å². The summed E-state index contributed by atoms with van der Waals surface area (Å²) in [7, 11) is 0. The van der Waals surface area contributed by atoms with Gasteiger partial charge in [-0.1, -0.05) is 18.2 Å². The van der Waals surface area contributed by atoms with E-state index < -0.39 is 23.9 Å². The van der Waals surface area contributed by atoms with Crippen LogP contribution in [0.4, 0.5) is 14.7 Å². The number of halogens is 2. The summed E-state index contributed by atoms with van der Waals surface area (Å²) in [5.41, 5.74) is 0.566. The highest BCUT2D eigenvalue weighted by Gasteiger charge is 2.20. The average Bonchev–Trinajstić information content (AvgIpc) is 2.82. The van der Waals surface area contributed by atoms with Crippen LogP contribution in [0.1, 0.15) is 0 Å². The molecule has 0 spiro atoms. The Hall–Kier alpha value is -3.34. The third kappa shape index (κ3) is 4.32. The van der Waals surface area contributed by atoms with E-state index in [2.05, 4.69) is 9.97 Å². The van der Waals surface area contributed by atoms with Crippen molar-refractivity contribution in [3.63, 3.8) is 0 Å². The molecule has 0 fully saturated rings. The summed E-state index contributed by atoms with van der Waals surface area (Å²) in [5.74, 6) is -1.65. The summed E-state index contributed by atoms with van der Waals surface area (Å²) < 4.78 is 29.3. The van der Waals surface area contributed by atoms with Crippen LogP contribution in [0.2, 0.25) is 0 Å². The lowest BCUT2D eigenvalue weighted by atomic mass is 10.1. The quantitative estimate of drug-likeness (QED) is 0.317. The van der Waals surface area contributed by atoms with Gasteiger partial charge in [-0.05, 0) is 30.5 Å². The molecule has 0 atom stereocenters. The van der Waals surface area contributed by atoms with Crippen molar-refractivity contribution in [2.24, 2.45) is 0 Å². The number of nitrogens with zero attached hydrogens (tertiary/aromatic N) is 4. The molecule has 0 bridgehead atoms. The molecule has 0 saturated carbocycles. The summed E-state index contributed by atoms with van der Waals surface area (Å²) in [5, 5.41) is 19.7. The molecular formula is C23H20F2N4O3S. The summed E-state index contributed by atoms with van der Waals surface area (Å²) in [4.78, 5) is 24.2. The Morgan fingerprint density at radius 3 is 2.55 bits per heavy atom. The molecular weight excluding hydrogens is 450 g/mol. The Kier molecular flexibility index (Phi) is 6.68. The van der Waals surface area contributed by atoms with Crippen LogP contribution in [-0.4, -0.2) is 50.9 Å². The Morgan fingerprint density at radius 1 is 1.06 bits per heavy atom. The van der Waals surface area contributed by atoms with E-state index in [4.69, 9.17) is 0 Å². The fraction of sp³-hybridized carbons (Fsp3) is 0.174. The van der Waals surface area contributed by atoms with Crippen LogP contribution in [0, 0.1) is 11.6 Å². The molecule has 4 rings (SSSR count). The first-order chi connectivity index (χ1) is 16.0. The maximum Gasteiger partial charge on any atom is 0.256 e. The largest absolute Gasteiger partial charge is 0.395 e. The summed E-state index contributed by atoms with van der Waals surface area (Å²) in [6, 6.07) is 13.3. The minimum atomic E-state index is -0.926. The molecule has 0 aliphatic rings. The van der Waals surface area contributed by atoms with Gasteiger partial charge >= 0.3 is 0 Å². The van der Waals surface area contributed by atoms with Crippen LogP contribution >= 0.6 is 11.8 Å². The second-order valence-electron chi connectivity index (χ2n) is 7.04. The molecule has 0 aliphatic carbocycles. The lowest BCUT2D eigenvalue weighted by Gasteiger charge is -2.21. The number of aromatic nitrogens is 3. The number of hydrogen-bond donors (Lipinski definition) is 2. The molecule has 10 heteroatoms. The number of rotatable bonds is 7. The highest BCUT2D eigenvalue weighted by molar-refractivity contribution is 7.98. The number of anilines is 1. The normalized spacial score (nSPS) is 11.2. The van der Waals surface area contributed by atoms with Crippen LogP contribution < -0.4 is 10.5 Å². The highest BCUT2D eigenvalue weighted by Crippen LogP contribution is 2.34. The lowest BCUT2D eigenvalue weighted by Crippen LogP contribution is -2.30. The van der Waals surface area contributed by atoms with Gasteiger partial charge in [0.1, 0.15) is 18.4 Å². The molecule has 2 heterocycles. The maximum atomic E-state index is 14.7. The lowest BCUT2D eigenvalue weighted by molar-refractivity contribution is 0.256. The first kappa shape index (κ1) is 22.8. The van der Waals surface area contributed by atoms with Crippen molar-refractivity contribution in [2.45, 2.75) is 4.90 Å². The van der Waals surface area contributed by atoms with Gasteiger partial charge in [0.2, 0.25) is 5.95 Å². The van der Waals surface area contributed by atoms with Crippen LogP contribution in [-0.2, 0) is 0 Å². The van der Waals surface area contributed by atoms with Crippen molar-refractivity contribution in [1.29, 1.82) is 0 Å². The number of thioether (sulfide) groups is 1. The van der Waals surface area contributed by atoms with Crippen molar-refractivity contribution in [2.75, 3.05) is 31.0 Å². The molecule has 0 aliphatic heterocycles. The minimum Gasteiger partial charge on any atom is -0.395 e. The minimum absolute atomic E-state index is 0.0353. The van der Waals surface area contributed by atoms with E-state index in [0.29, 0.717) is 17.1 Å². The smallest absolute Gasteiger partial charge is 0.256 e. The second-order valence-corrected chi connectivity index (χ2v) is 7.89. The van der Waals surface area contributed by atoms with E-state index in [9.17, 15) is 23.8 Å². The third-order valence-corrected chi connectivity index (χ3v) is 5.87. The average molecular weight is 471 g/mol. The van der Waals surface area contributed by atoms with Gasteiger partial charge in [-0.15, -0.1) is 11.8 Å². The number of pyridine rings is 1.